The summed E-state index contributed by atoms with van der Waals surface area (Å²) in [5.41, 5.74) is 6.31. The van der Waals surface area contributed by atoms with E-state index in [9.17, 15) is 0 Å². The average molecular weight is 504 g/mol. The molecule has 0 N–H and O–H groups in total. The first-order valence-corrected chi connectivity index (χ1v) is 14.6. The molecule has 0 saturated heterocycles. The van der Waals surface area contributed by atoms with E-state index in [1.54, 1.807) is 0 Å². The third-order valence-corrected chi connectivity index (χ3v) is 9.10. The van der Waals surface area contributed by atoms with Crippen LogP contribution in [0.15, 0.2) is 36.4 Å². The lowest BCUT2D eigenvalue weighted by atomic mass is 9.67. The summed E-state index contributed by atoms with van der Waals surface area (Å²) in [5.74, 6) is 4.47. The van der Waals surface area contributed by atoms with Gasteiger partial charge in [0.05, 0.1) is 0 Å². The topological polar surface area (TPSA) is 38.2 Å². The van der Waals surface area contributed by atoms with Gasteiger partial charge in [0.25, 0.3) is 5.19 Å². The highest BCUT2D eigenvalue weighted by Crippen LogP contribution is 2.43. The summed E-state index contributed by atoms with van der Waals surface area (Å²) in [4.78, 5) is 7.04. The molecule has 2 fully saturated rings. The van der Waals surface area contributed by atoms with E-state index in [0.29, 0.717) is 5.19 Å². The minimum atomic E-state index is 0.601. The minimum Gasteiger partial charge on any atom is -0.430 e. The zero-order valence-corrected chi connectivity index (χ0v) is 23.2. The molecule has 2 aliphatic carbocycles. The van der Waals surface area contributed by atoms with Crippen molar-refractivity contribution < 1.29 is 4.74 Å². The number of fused-ring (bicyclic) bond motifs is 2. The number of aromatic nitrogens is 2. The first kappa shape index (κ1) is 25.4. The molecule has 2 aromatic carbocycles. The highest BCUT2D eigenvalue weighted by atomic mass is 32.1. The van der Waals surface area contributed by atoms with Gasteiger partial charge < -0.3 is 9.64 Å². The Morgan fingerprint density at radius 3 is 2.47 bits per heavy atom. The first-order valence-electron chi connectivity index (χ1n) is 13.9. The van der Waals surface area contributed by atoms with Crippen molar-refractivity contribution in [3.63, 3.8) is 0 Å². The monoisotopic (exact) mass is 503 g/mol. The fourth-order valence-corrected chi connectivity index (χ4v) is 6.89. The summed E-state index contributed by atoms with van der Waals surface area (Å²) in [6, 6.07) is 13.3. The van der Waals surface area contributed by atoms with E-state index < -0.39 is 0 Å². The zero-order chi connectivity index (χ0) is 25.1. The van der Waals surface area contributed by atoms with E-state index in [1.807, 2.05) is 0 Å². The van der Waals surface area contributed by atoms with Crippen LogP contribution in [0.25, 0.3) is 11.4 Å². The Morgan fingerprint density at radius 2 is 1.75 bits per heavy atom. The minimum absolute atomic E-state index is 0.601. The number of hydrogen-bond donors (Lipinski definition) is 0. The van der Waals surface area contributed by atoms with Gasteiger partial charge in [-0.1, -0.05) is 56.5 Å². The molecule has 0 spiro atoms. The molecule has 36 heavy (non-hydrogen) atoms. The van der Waals surface area contributed by atoms with Gasteiger partial charge in [0, 0.05) is 23.6 Å². The average Bonchev–Trinajstić information content (AvgIpc) is 3.34. The van der Waals surface area contributed by atoms with Crippen LogP contribution in [0.2, 0.25) is 0 Å². The number of aryl methyl sites for hydroxylation is 2. The molecule has 5 rings (SSSR count). The smallest absolute Gasteiger partial charge is 0.299 e. The second-order valence-electron chi connectivity index (χ2n) is 11.3. The maximum absolute atomic E-state index is 6.19. The van der Waals surface area contributed by atoms with Crippen LogP contribution in [-0.2, 0) is 12.8 Å². The molecule has 2 unspecified atom stereocenters. The van der Waals surface area contributed by atoms with Crippen molar-refractivity contribution in [3.05, 3.63) is 58.7 Å². The highest BCUT2D eigenvalue weighted by molar-refractivity contribution is 7.07. The van der Waals surface area contributed by atoms with Crippen molar-refractivity contribution >= 4 is 11.5 Å². The van der Waals surface area contributed by atoms with Gasteiger partial charge in [0.1, 0.15) is 5.75 Å². The SMILES string of the molecule is CCN(C)CCc1cc(C)c(Oc2nc(-c3ccc(CC4CC5CCCC(C5)C4)cc3)ns2)cc1C. The Hall–Kier alpha value is -2.24. The lowest BCUT2D eigenvalue weighted by molar-refractivity contribution is 0.137. The van der Waals surface area contributed by atoms with Crippen molar-refractivity contribution in [2.75, 3.05) is 20.1 Å². The van der Waals surface area contributed by atoms with E-state index in [2.05, 4.69) is 73.5 Å². The summed E-state index contributed by atoms with van der Waals surface area (Å²) < 4.78 is 10.8. The van der Waals surface area contributed by atoms with E-state index >= 15 is 0 Å². The van der Waals surface area contributed by atoms with Crippen molar-refractivity contribution in [3.8, 4) is 22.3 Å². The largest absolute Gasteiger partial charge is 0.430 e. The lowest BCUT2D eigenvalue weighted by Crippen LogP contribution is -2.27. The van der Waals surface area contributed by atoms with Crippen LogP contribution in [0, 0.1) is 31.6 Å². The van der Waals surface area contributed by atoms with Crippen molar-refractivity contribution in [2.24, 2.45) is 17.8 Å². The summed E-state index contributed by atoms with van der Waals surface area (Å²) >= 11 is 1.33. The van der Waals surface area contributed by atoms with E-state index in [0.717, 1.165) is 60.0 Å². The van der Waals surface area contributed by atoms with Crippen LogP contribution in [-0.4, -0.2) is 34.4 Å². The van der Waals surface area contributed by atoms with Crippen LogP contribution < -0.4 is 4.74 Å². The van der Waals surface area contributed by atoms with Gasteiger partial charge in [0.15, 0.2) is 5.82 Å². The molecule has 192 valence electrons. The Kier molecular flexibility index (Phi) is 8.07. The van der Waals surface area contributed by atoms with Crippen molar-refractivity contribution in [2.45, 2.75) is 72.1 Å². The molecular weight excluding hydrogens is 462 g/mol. The third kappa shape index (κ3) is 6.18. The summed E-state index contributed by atoms with van der Waals surface area (Å²) in [7, 11) is 2.17. The Balaban J connectivity index is 1.20. The standard InChI is InChI=1S/C31H41N3OS/c1-5-34(4)14-13-28-15-22(3)29(16-21(28)2)35-31-32-30(33-36-31)27-11-9-23(10-12-27)17-26-19-24-7-6-8-25(18-24)20-26/h9-12,15-16,24-26H,5-8,13-14,17-20H2,1-4H3. The molecule has 3 aromatic rings. The van der Waals surface area contributed by atoms with Gasteiger partial charge in [-0.05, 0) is 106 Å². The van der Waals surface area contributed by atoms with Crippen LogP contribution in [0.5, 0.6) is 10.9 Å². The molecular formula is C31H41N3OS. The first-order chi connectivity index (χ1) is 17.5. The van der Waals surface area contributed by atoms with Gasteiger partial charge in [0.2, 0.25) is 0 Å². The molecule has 1 heterocycles. The second kappa shape index (κ2) is 11.4. The second-order valence-corrected chi connectivity index (χ2v) is 12.0. The fraction of sp³-hybridized carbons (Fsp3) is 0.548. The quantitative estimate of drug-likeness (QED) is 0.298. The molecule has 5 heteroatoms. The molecule has 0 aliphatic heterocycles. The molecule has 1 aromatic heterocycles. The van der Waals surface area contributed by atoms with Gasteiger partial charge >= 0.3 is 0 Å². The van der Waals surface area contributed by atoms with E-state index in [1.165, 1.54) is 73.2 Å². The van der Waals surface area contributed by atoms with Gasteiger partial charge in [-0.3, -0.25) is 0 Å². The molecule has 0 amide bonds. The van der Waals surface area contributed by atoms with Crippen molar-refractivity contribution in [1.82, 2.24) is 14.3 Å². The normalized spacial score (nSPS) is 21.6. The third-order valence-electron chi connectivity index (χ3n) is 8.50. The Bertz CT molecular complexity index is 1140. The van der Waals surface area contributed by atoms with E-state index in [-0.39, 0.29) is 0 Å². The zero-order valence-electron chi connectivity index (χ0n) is 22.4. The molecule has 2 atom stereocenters. The number of hydrogen-bond acceptors (Lipinski definition) is 5. The van der Waals surface area contributed by atoms with Gasteiger partial charge in [-0.15, -0.1) is 0 Å². The molecule has 0 radical (unpaired) electrons. The molecule has 2 saturated carbocycles. The van der Waals surface area contributed by atoms with Crippen molar-refractivity contribution in [1.29, 1.82) is 0 Å². The van der Waals surface area contributed by atoms with Crippen LogP contribution >= 0.6 is 11.5 Å². The summed E-state index contributed by atoms with van der Waals surface area (Å²) in [6.45, 7) is 8.61. The molecule has 2 aliphatic rings. The number of nitrogens with zero attached hydrogens (tertiary/aromatic N) is 3. The van der Waals surface area contributed by atoms with Crippen LogP contribution in [0.3, 0.4) is 0 Å². The van der Waals surface area contributed by atoms with Crippen LogP contribution in [0.1, 0.15) is 67.7 Å². The lowest BCUT2D eigenvalue weighted by Gasteiger charge is -2.39. The van der Waals surface area contributed by atoms with Gasteiger partial charge in [-0.25, -0.2) is 0 Å². The molecule has 2 bridgehead atoms. The highest BCUT2D eigenvalue weighted by Gasteiger charge is 2.31. The predicted octanol–water partition coefficient (Wildman–Crippen LogP) is 7.87. The Morgan fingerprint density at radius 1 is 1.00 bits per heavy atom. The molecule has 4 nitrogen and oxygen atoms in total. The number of likely N-dealkylation sites (N-methyl/N-ethyl adjacent to an activating group) is 1. The fourth-order valence-electron chi connectivity index (χ4n) is 6.32. The number of benzene rings is 2. The summed E-state index contributed by atoms with van der Waals surface area (Å²) in [6.07, 6.45) is 11.0. The van der Waals surface area contributed by atoms with Crippen LogP contribution in [0.4, 0.5) is 0 Å². The van der Waals surface area contributed by atoms with Gasteiger partial charge in [-0.2, -0.15) is 9.36 Å². The summed E-state index contributed by atoms with van der Waals surface area (Å²) in [5, 5.41) is 0.601. The maximum atomic E-state index is 6.19. The number of ether oxygens (including phenoxy) is 1. The van der Waals surface area contributed by atoms with E-state index in [4.69, 9.17) is 9.72 Å². The maximum Gasteiger partial charge on any atom is 0.299 e. The predicted molar refractivity (Wildman–Crippen MR) is 150 cm³/mol. The number of rotatable bonds is 9. The Labute approximate surface area is 221 Å².